The van der Waals surface area contributed by atoms with Crippen LogP contribution in [0.2, 0.25) is 0 Å². The van der Waals surface area contributed by atoms with E-state index >= 15 is 0 Å². The highest BCUT2D eigenvalue weighted by molar-refractivity contribution is 7.89. The van der Waals surface area contributed by atoms with Gasteiger partial charge in [0.2, 0.25) is 10.0 Å². The van der Waals surface area contributed by atoms with E-state index in [1.165, 1.54) is 59.8 Å². The lowest BCUT2D eigenvalue weighted by Gasteiger charge is -2.26. The third-order valence-corrected chi connectivity index (χ3v) is 6.68. The molecule has 3 rings (SSSR count). The summed E-state index contributed by atoms with van der Waals surface area (Å²) >= 11 is 0. The first-order valence-electron chi connectivity index (χ1n) is 9.65. The van der Waals surface area contributed by atoms with Crippen molar-refractivity contribution in [1.82, 2.24) is 4.31 Å². The lowest BCUT2D eigenvalue weighted by atomic mass is 10.2. The third kappa shape index (κ3) is 5.22. The first-order valence-corrected chi connectivity index (χ1v) is 11.1. The SMILES string of the molecule is C[C@@H](OC(=O)c1cccc(S(=O)(=O)N2CCCCC2)c1)C(=O)Nc1ccc(F)cc1. The van der Waals surface area contributed by atoms with Crippen molar-refractivity contribution in [3.05, 3.63) is 59.9 Å². The molecule has 2 aromatic carbocycles. The molecule has 0 aromatic heterocycles. The van der Waals surface area contributed by atoms with Crippen LogP contribution < -0.4 is 5.32 Å². The van der Waals surface area contributed by atoms with E-state index in [1.807, 2.05) is 0 Å². The molecule has 30 heavy (non-hydrogen) atoms. The molecule has 1 N–H and O–H groups in total. The zero-order valence-corrected chi connectivity index (χ0v) is 17.3. The maximum Gasteiger partial charge on any atom is 0.338 e. The number of nitrogens with one attached hydrogen (secondary N) is 1. The first kappa shape index (κ1) is 21.9. The van der Waals surface area contributed by atoms with E-state index in [0.717, 1.165) is 19.3 Å². The van der Waals surface area contributed by atoms with Gasteiger partial charge in [-0.25, -0.2) is 17.6 Å². The number of hydrogen-bond acceptors (Lipinski definition) is 5. The average Bonchev–Trinajstić information content (AvgIpc) is 2.76. The van der Waals surface area contributed by atoms with Crippen LogP contribution >= 0.6 is 0 Å². The van der Waals surface area contributed by atoms with Crippen LogP contribution in [-0.4, -0.2) is 43.8 Å². The lowest BCUT2D eigenvalue weighted by molar-refractivity contribution is -0.123. The molecule has 0 bridgehead atoms. The fourth-order valence-corrected chi connectivity index (χ4v) is 4.66. The quantitative estimate of drug-likeness (QED) is 0.705. The van der Waals surface area contributed by atoms with Gasteiger partial charge in [-0.2, -0.15) is 4.31 Å². The van der Waals surface area contributed by atoms with Crippen molar-refractivity contribution < 1.29 is 27.1 Å². The van der Waals surface area contributed by atoms with E-state index in [1.54, 1.807) is 0 Å². The molecule has 1 fully saturated rings. The number of benzene rings is 2. The zero-order valence-electron chi connectivity index (χ0n) is 16.5. The number of ether oxygens (including phenoxy) is 1. The van der Waals surface area contributed by atoms with Gasteiger partial charge in [0.15, 0.2) is 6.10 Å². The fraction of sp³-hybridized carbons (Fsp3) is 0.333. The fourth-order valence-electron chi connectivity index (χ4n) is 3.10. The Hall–Kier alpha value is -2.78. The number of anilines is 1. The summed E-state index contributed by atoms with van der Waals surface area (Å²) in [4.78, 5) is 24.7. The molecule has 1 atom stereocenters. The Kier molecular flexibility index (Phi) is 6.84. The van der Waals surface area contributed by atoms with Crippen molar-refractivity contribution in [3.8, 4) is 0 Å². The van der Waals surface area contributed by atoms with Crippen LogP contribution in [0.5, 0.6) is 0 Å². The molecule has 1 saturated heterocycles. The number of rotatable bonds is 6. The maximum absolute atomic E-state index is 12.9. The summed E-state index contributed by atoms with van der Waals surface area (Å²) in [7, 11) is -3.69. The van der Waals surface area contributed by atoms with Gasteiger partial charge in [-0.05, 0) is 62.2 Å². The highest BCUT2D eigenvalue weighted by Gasteiger charge is 2.27. The molecule has 0 spiro atoms. The van der Waals surface area contributed by atoms with Crippen molar-refractivity contribution in [2.45, 2.75) is 37.2 Å². The van der Waals surface area contributed by atoms with Crippen LogP contribution in [0, 0.1) is 5.82 Å². The number of sulfonamides is 1. The number of esters is 1. The van der Waals surface area contributed by atoms with E-state index in [4.69, 9.17) is 4.74 Å². The molecule has 0 unspecified atom stereocenters. The Morgan fingerprint density at radius 1 is 1.07 bits per heavy atom. The molecule has 0 aliphatic carbocycles. The van der Waals surface area contributed by atoms with E-state index in [2.05, 4.69) is 5.32 Å². The molecule has 1 amide bonds. The minimum Gasteiger partial charge on any atom is -0.449 e. The van der Waals surface area contributed by atoms with Crippen molar-refractivity contribution in [2.75, 3.05) is 18.4 Å². The third-order valence-electron chi connectivity index (χ3n) is 4.79. The van der Waals surface area contributed by atoms with E-state index in [9.17, 15) is 22.4 Å². The van der Waals surface area contributed by atoms with Gasteiger partial charge in [0.1, 0.15) is 5.82 Å². The van der Waals surface area contributed by atoms with E-state index < -0.39 is 33.8 Å². The Bertz CT molecular complexity index is 1020. The van der Waals surface area contributed by atoms with Crippen LogP contribution in [0.4, 0.5) is 10.1 Å². The van der Waals surface area contributed by atoms with Gasteiger partial charge in [-0.1, -0.05) is 12.5 Å². The van der Waals surface area contributed by atoms with Gasteiger partial charge in [0, 0.05) is 18.8 Å². The minimum atomic E-state index is -3.69. The van der Waals surface area contributed by atoms with Gasteiger partial charge in [-0.3, -0.25) is 4.79 Å². The molecule has 9 heteroatoms. The summed E-state index contributed by atoms with van der Waals surface area (Å²) in [6, 6.07) is 10.8. The van der Waals surface area contributed by atoms with Crippen LogP contribution in [-0.2, 0) is 19.6 Å². The Labute approximate surface area is 174 Å². The summed E-state index contributed by atoms with van der Waals surface area (Å²) in [6.07, 6.45) is 1.48. The van der Waals surface area contributed by atoms with Crippen molar-refractivity contribution in [2.24, 2.45) is 0 Å². The smallest absolute Gasteiger partial charge is 0.338 e. The van der Waals surface area contributed by atoms with Crippen LogP contribution in [0.25, 0.3) is 0 Å². The van der Waals surface area contributed by atoms with Crippen LogP contribution in [0.15, 0.2) is 53.4 Å². The van der Waals surface area contributed by atoms with Crippen LogP contribution in [0.1, 0.15) is 36.5 Å². The van der Waals surface area contributed by atoms with Gasteiger partial charge in [0.05, 0.1) is 10.5 Å². The molecule has 2 aromatic rings. The normalized spacial score (nSPS) is 15.9. The number of piperidine rings is 1. The number of hydrogen-bond donors (Lipinski definition) is 1. The molecular formula is C21H23FN2O5S. The number of carbonyl (C=O) groups excluding carboxylic acids is 2. The molecule has 0 saturated carbocycles. The Morgan fingerprint density at radius 2 is 1.73 bits per heavy atom. The summed E-state index contributed by atoms with van der Waals surface area (Å²) in [5.41, 5.74) is 0.397. The number of carbonyl (C=O) groups is 2. The second kappa shape index (κ2) is 9.36. The highest BCUT2D eigenvalue weighted by atomic mass is 32.2. The van der Waals surface area contributed by atoms with E-state index in [0.29, 0.717) is 18.8 Å². The van der Waals surface area contributed by atoms with Crippen molar-refractivity contribution in [1.29, 1.82) is 0 Å². The summed E-state index contributed by atoms with van der Waals surface area (Å²) in [5, 5.41) is 2.52. The zero-order chi connectivity index (χ0) is 21.7. The average molecular weight is 434 g/mol. The summed E-state index contributed by atoms with van der Waals surface area (Å²) < 4.78 is 45.1. The van der Waals surface area contributed by atoms with Crippen molar-refractivity contribution in [3.63, 3.8) is 0 Å². The van der Waals surface area contributed by atoms with Gasteiger partial charge < -0.3 is 10.1 Å². The number of nitrogens with zero attached hydrogens (tertiary/aromatic N) is 1. The molecule has 1 aliphatic rings. The summed E-state index contributed by atoms with van der Waals surface area (Å²) in [6.45, 7) is 2.31. The van der Waals surface area contributed by atoms with Gasteiger partial charge in [-0.15, -0.1) is 0 Å². The molecule has 1 heterocycles. The molecule has 1 aliphatic heterocycles. The van der Waals surface area contributed by atoms with Gasteiger partial charge in [0.25, 0.3) is 5.91 Å². The Morgan fingerprint density at radius 3 is 2.40 bits per heavy atom. The molecule has 0 radical (unpaired) electrons. The van der Waals surface area contributed by atoms with E-state index in [-0.39, 0.29) is 10.5 Å². The predicted octanol–water partition coefficient (Wildman–Crippen LogP) is 3.18. The largest absolute Gasteiger partial charge is 0.449 e. The summed E-state index contributed by atoms with van der Waals surface area (Å²) in [5.74, 6) is -1.84. The highest BCUT2D eigenvalue weighted by Crippen LogP contribution is 2.22. The number of halogens is 1. The Balaban J connectivity index is 1.67. The standard InChI is InChI=1S/C21H23FN2O5S/c1-15(20(25)23-18-10-8-17(22)9-11-18)29-21(26)16-6-5-7-19(14-16)30(27,28)24-12-3-2-4-13-24/h5-11,14-15H,2-4,12-13H2,1H3,(H,23,25)/t15-/m1/s1. The van der Waals surface area contributed by atoms with Gasteiger partial charge >= 0.3 is 5.97 Å². The topological polar surface area (TPSA) is 92.8 Å². The monoisotopic (exact) mass is 434 g/mol. The maximum atomic E-state index is 12.9. The second-order valence-corrected chi connectivity index (χ2v) is 8.97. The lowest BCUT2D eigenvalue weighted by Crippen LogP contribution is -2.35. The molecule has 7 nitrogen and oxygen atoms in total. The van der Waals surface area contributed by atoms with Crippen molar-refractivity contribution >= 4 is 27.6 Å². The predicted molar refractivity (Wildman–Crippen MR) is 109 cm³/mol. The number of amides is 1. The molecule has 160 valence electrons. The van der Waals surface area contributed by atoms with Crippen LogP contribution in [0.3, 0.4) is 0 Å². The molecular weight excluding hydrogens is 411 g/mol. The second-order valence-electron chi connectivity index (χ2n) is 7.04. The first-order chi connectivity index (χ1) is 14.3. The minimum absolute atomic E-state index is 0.0160.